The lowest BCUT2D eigenvalue weighted by molar-refractivity contribution is 0.0947. The number of nitrogens with one attached hydrogen (secondary N) is 2. The monoisotopic (exact) mass is 293 g/mol. The third-order valence-electron chi connectivity index (χ3n) is 3.77. The molecule has 21 heavy (non-hydrogen) atoms. The summed E-state index contributed by atoms with van der Waals surface area (Å²) < 4.78 is 13.8. The van der Waals surface area contributed by atoms with E-state index in [0.29, 0.717) is 18.7 Å². The van der Waals surface area contributed by atoms with Crippen molar-refractivity contribution in [1.29, 1.82) is 0 Å². The molecule has 0 aromatic heterocycles. The lowest BCUT2D eigenvalue weighted by atomic mass is 10.1. The number of benzene rings is 1. The molecule has 1 amide bonds. The Bertz CT molecular complexity index is 473. The Morgan fingerprint density at radius 1 is 1.29 bits per heavy atom. The van der Waals surface area contributed by atoms with Crippen LogP contribution in [-0.4, -0.2) is 43.5 Å². The van der Waals surface area contributed by atoms with Crippen molar-refractivity contribution in [2.45, 2.75) is 26.2 Å². The maximum atomic E-state index is 13.8. The smallest absolute Gasteiger partial charge is 0.253 e. The summed E-state index contributed by atoms with van der Waals surface area (Å²) in [7, 11) is 0. The number of carbonyl (C=O) groups is 1. The summed E-state index contributed by atoms with van der Waals surface area (Å²) in [5.41, 5.74) is 0.658. The highest BCUT2D eigenvalue weighted by Crippen LogP contribution is 2.19. The number of rotatable bonds is 6. The van der Waals surface area contributed by atoms with Gasteiger partial charge in [0.25, 0.3) is 5.91 Å². The topological polar surface area (TPSA) is 44.4 Å². The zero-order chi connectivity index (χ0) is 15.1. The number of amides is 1. The van der Waals surface area contributed by atoms with Gasteiger partial charge in [0, 0.05) is 19.6 Å². The van der Waals surface area contributed by atoms with Crippen LogP contribution in [0, 0.1) is 5.82 Å². The van der Waals surface area contributed by atoms with Crippen LogP contribution in [0.4, 0.5) is 10.1 Å². The van der Waals surface area contributed by atoms with Crippen molar-refractivity contribution in [3.05, 3.63) is 29.6 Å². The van der Waals surface area contributed by atoms with Gasteiger partial charge in [0.05, 0.1) is 11.3 Å². The molecule has 116 valence electrons. The minimum absolute atomic E-state index is 0.220. The van der Waals surface area contributed by atoms with Crippen molar-refractivity contribution in [3.8, 4) is 0 Å². The number of piperidine rings is 1. The van der Waals surface area contributed by atoms with Crippen molar-refractivity contribution in [3.63, 3.8) is 0 Å². The zero-order valence-electron chi connectivity index (χ0n) is 12.6. The first kappa shape index (κ1) is 15.8. The first-order valence-corrected chi connectivity index (χ1v) is 7.75. The molecule has 1 aromatic carbocycles. The molecule has 0 bridgehead atoms. The first-order valence-electron chi connectivity index (χ1n) is 7.75. The van der Waals surface area contributed by atoms with E-state index in [1.54, 1.807) is 12.1 Å². The Kier molecular flexibility index (Phi) is 5.99. The third-order valence-corrected chi connectivity index (χ3v) is 3.77. The Morgan fingerprint density at radius 3 is 2.76 bits per heavy atom. The molecule has 0 unspecified atom stereocenters. The SMILES string of the molecule is CCNc1c(F)cccc1C(=O)NCCN1CCCCC1. The summed E-state index contributed by atoms with van der Waals surface area (Å²) in [6.45, 7) is 6.13. The van der Waals surface area contributed by atoms with E-state index in [2.05, 4.69) is 15.5 Å². The minimum atomic E-state index is -0.388. The van der Waals surface area contributed by atoms with Crippen LogP contribution in [0.5, 0.6) is 0 Å². The number of hydrogen-bond donors (Lipinski definition) is 2. The normalized spacial score (nSPS) is 15.7. The Balaban J connectivity index is 1.89. The van der Waals surface area contributed by atoms with Crippen LogP contribution in [0.1, 0.15) is 36.5 Å². The van der Waals surface area contributed by atoms with E-state index in [9.17, 15) is 9.18 Å². The third kappa shape index (κ3) is 4.43. The molecule has 2 N–H and O–H groups in total. The Morgan fingerprint density at radius 2 is 2.05 bits per heavy atom. The van der Waals surface area contributed by atoms with Gasteiger partial charge in [-0.05, 0) is 45.0 Å². The molecule has 0 aliphatic carbocycles. The molecule has 1 saturated heterocycles. The van der Waals surface area contributed by atoms with Crippen LogP contribution < -0.4 is 10.6 Å². The first-order chi connectivity index (χ1) is 10.2. The molecule has 1 fully saturated rings. The van der Waals surface area contributed by atoms with E-state index in [0.717, 1.165) is 19.6 Å². The van der Waals surface area contributed by atoms with Gasteiger partial charge in [-0.25, -0.2) is 4.39 Å². The number of nitrogens with zero attached hydrogens (tertiary/aromatic N) is 1. The van der Waals surface area contributed by atoms with E-state index >= 15 is 0 Å². The lowest BCUT2D eigenvalue weighted by Crippen LogP contribution is -2.37. The van der Waals surface area contributed by atoms with Crippen molar-refractivity contribution in [2.75, 3.05) is 38.0 Å². The molecule has 0 saturated carbocycles. The van der Waals surface area contributed by atoms with E-state index in [4.69, 9.17) is 0 Å². The van der Waals surface area contributed by atoms with Gasteiger partial charge in [-0.3, -0.25) is 4.79 Å². The summed E-state index contributed by atoms with van der Waals surface area (Å²) in [5.74, 6) is -0.608. The quantitative estimate of drug-likeness (QED) is 0.847. The maximum Gasteiger partial charge on any atom is 0.253 e. The van der Waals surface area contributed by atoms with Gasteiger partial charge < -0.3 is 15.5 Å². The molecular formula is C16H24FN3O. The number of carbonyl (C=O) groups excluding carboxylic acids is 1. The number of likely N-dealkylation sites (tertiary alicyclic amines) is 1. The van der Waals surface area contributed by atoms with Gasteiger partial charge in [-0.1, -0.05) is 12.5 Å². The number of anilines is 1. The van der Waals surface area contributed by atoms with E-state index in [1.165, 1.54) is 25.3 Å². The fourth-order valence-corrected chi connectivity index (χ4v) is 2.68. The number of halogens is 1. The van der Waals surface area contributed by atoms with Crippen LogP contribution in [0.2, 0.25) is 0 Å². The highest BCUT2D eigenvalue weighted by atomic mass is 19.1. The second-order valence-electron chi connectivity index (χ2n) is 5.35. The number of para-hydroxylation sites is 1. The highest BCUT2D eigenvalue weighted by molar-refractivity contribution is 5.99. The summed E-state index contributed by atoms with van der Waals surface area (Å²) in [5, 5.41) is 5.80. The van der Waals surface area contributed by atoms with Crippen molar-refractivity contribution < 1.29 is 9.18 Å². The second-order valence-corrected chi connectivity index (χ2v) is 5.35. The molecule has 0 atom stereocenters. The molecule has 0 spiro atoms. The van der Waals surface area contributed by atoms with Crippen molar-refractivity contribution >= 4 is 11.6 Å². The largest absolute Gasteiger partial charge is 0.382 e. The van der Waals surface area contributed by atoms with Gasteiger partial charge in [-0.15, -0.1) is 0 Å². The molecule has 1 aliphatic rings. The predicted octanol–water partition coefficient (Wildman–Crippen LogP) is 2.47. The van der Waals surface area contributed by atoms with Gasteiger partial charge in [0.2, 0.25) is 0 Å². The summed E-state index contributed by atoms with van der Waals surface area (Å²) >= 11 is 0. The molecule has 1 heterocycles. The van der Waals surface area contributed by atoms with Gasteiger partial charge in [0.1, 0.15) is 5.82 Å². The van der Waals surface area contributed by atoms with Crippen LogP contribution in [0.15, 0.2) is 18.2 Å². The molecule has 4 nitrogen and oxygen atoms in total. The second kappa shape index (κ2) is 7.98. The van der Waals surface area contributed by atoms with E-state index in [-0.39, 0.29) is 17.4 Å². The molecule has 1 aromatic rings. The Labute approximate surface area is 125 Å². The summed E-state index contributed by atoms with van der Waals surface area (Å²) in [6.07, 6.45) is 3.78. The fourth-order valence-electron chi connectivity index (χ4n) is 2.68. The summed E-state index contributed by atoms with van der Waals surface area (Å²) in [4.78, 5) is 14.6. The molecule has 5 heteroatoms. The van der Waals surface area contributed by atoms with Crippen LogP contribution >= 0.6 is 0 Å². The Hall–Kier alpha value is -1.62. The van der Waals surface area contributed by atoms with Crippen LogP contribution in [0.25, 0.3) is 0 Å². The zero-order valence-corrected chi connectivity index (χ0v) is 12.6. The van der Waals surface area contributed by atoms with E-state index in [1.807, 2.05) is 6.92 Å². The minimum Gasteiger partial charge on any atom is -0.382 e. The highest BCUT2D eigenvalue weighted by Gasteiger charge is 2.15. The maximum absolute atomic E-state index is 13.8. The predicted molar refractivity (Wildman–Crippen MR) is 83.2 cm³/mol. The van der Waals surface area contributed by atoms with Crippen molar-refractivity contribution in [1.82, 2.24) is 10.2 Å². The fraction of sp³-hybridized carbons (Fsp3) is 0.562. The van der Waals surface area contributed by atoms with Gasteiger partial charge >= 0.3 is 0 Å². The van der Waals surface area contributed by atoms with Crippen LogP contribution in [-0.2, 0) is 0 Å². The average molecular weight is 293 g/mol. The molecule has 1 aliphatic heterocycles. The standard InChI is InChI=1S/C16H24FN3O/c1-2-18-15-13(7-6-8-14(15)17)16(21)19-9-12-20-10-4-3-5-11-20/h6-8,18H,2-5,9-12H2,1H3,(H,19,21). The van der Waals surface area contributed by atoms with E-state index < -0.39 is 0 Å². The summed E-state index contributed by atoms with van der Waals surface area (Å²) in [6, 6.07) is 4.58. The van der Waals surface area contributed by atoms with Gasteiger partial charge in [0.15, 0.2) is 0 Å². The molecule has 0 radical (unpaired) electrons. The molecule has 2 rings (SSSR count). The van der Waals surface area contributed by atoms with Crippen molar-refractivity contribution in [2.24, 2.45) is 0 Å². The van der Waals surface area contributed by atoms with Gasteiger partial charge in [-0.2, -0.15) is 0 Å². The lowest BCUT2D eigenvalue weighted by Gasteiger charge is -2.26. The molecular weight excluding hydrogens is 269 g/mol. The number of hydrogen-bond acceptors (Lipinski definition) is 3. The van der Waals surface area contributed by atoms with Crippen LogP contribution in [0.3, 0.4) is 0 Å². The average Bonchev–Trinajstić information content (AvgIpc) is 2.50.